The summed E-state index contributed by atoms with van der Waals surface area (Å²) in [7, 11) is 0. The molecule has 0 bridgehead atoms. The zero-order valence-corrected chi connectivity index (χ0v) is 24.0. The van der Waals surface area contributed by atoms with Crippen molar-refractivity contribution in [3.8, 4) is 0 Å². The number of carboxylic acid groups (broad SMARTS) is 1. The van der Waals surface area contributed by atoms with E-state index in [1.165, 1.54) is 12.4 Å². The van der Waals surface area contributed by atoms with Crippen LogP contribution in [0.15, 0.2) is 67.3 Å². The number of hydrogen-bond donors (Lipinski definition) is 3. The number of rotatable bonds is 9. The molecule has 4 rings (SSSR count). The van der Waals surface area contributed by atoms with Crippen LogP contribution in [0, 0.1) is 5.41 Å². The lowest BCUT2D eigenvalue weighted by molar-refractivity contribution is -0.137. The number of nitrogens with one attached hydrogen (secondary N) is 2. The van der Waals surface area contributed by atoms with E-state index in [9.17, 15) is 24.3 Å². The largest absolute Gasteiger partial charge is 0.481 e. The van der Waals surface area contributed by atoms with Gasteiger partial charge in [-0.25, -0.2) is 0 Å². The number of pyridine rings is 2. The standard InChI is InChI=1S/C31H36N6O5/c1-31(2,3)18-27(38)37-14-12-36(13-15-37)26-9-8-21(16-25(26)35-30(42)23-7-5-11-33-20-23)29(41)34-24(17-28(39)40)22-6-4-10-32-19-22/h4-11,16,19-20,24H,12-15,17-18H2,1-3H3,(H,34,41)(H,35,42)(H,39,40). The molecule has 1 aliphatic heterocycles. The maximum absolute atomic E-state index is 13.3. The number of hydrogen-bond acceptors (Lipinski definition) is 7. The molecule has 1 fully saturated rings. The Morgan fingerprint density at radius 1 is 0.905 bits per heavy atom. The van der Waals surface area contributed by atoms with Crippen molar-refractivity contribution in [1.29, 1.82) is 0 Å². The topological polar surface area (TPSA) is 145 Å². The highest BCUT2D eigenvalue weighted by molar-refractivity contribution is 6.07. The van der Waals surface area contributed by atoms with Gasteiger partial charge < -0.3 is 25.5 Å². The van der Waals surface area contributed by atoms with Crippen molar-refractivity contribution in [1.82, 2.24) is 20.2 Å². The van der Waals surface area contributed by atoms with Gasteiger partial charge in [0.2, 0.25) is 5.91 Å². The monoisotopic (exact) mass is 572 g/mol. The van der Waals surface area contributed by atoms with Crippen molar-refractivity contribution in [2.24, 2.45) is 5.41 Å². The van der Waals surface area contributed by atoms with Crippen molar-refractivity contribution in [3.63, 3.8) is 0 Å². The van der Waals surface area contributed by atoms with Crippen LogP contribution in [-0.4, -0.2) is 69.8 Å². The number of carbonyl (C=O) groups excluding carboxylic acids is 3. The Labute approximate surface area is 245 Å². The smallest absolute Gasteiger partial charge is 0.305 e. The van der Waals surface area contributed by atoms with Crippen molar-refractivity contribution >= 4 is 35.1 Å². The van der Waals surface area contributed by atoms with E-state index in [1.54, 1.807) is 54.9 Å². The number of aromatic nitrogens is 2. The minimum Gasteiger partial charge on any atom is -0.481 e. The Balaban J connectivity index is 1.57. The molecule has 0 radical (unpaired) electrons. The molecule has 3 amide bonds. The third-order valence-corrected chi connectivity index (χ3v) is 6.86. The van der Waals surface area contributed by atoms with Gasteiger partial charge in [0, 0.05) is 63.0 Å². The predicted molar refractivity (Wildman–Crippen MR) is 158 cm³/mol. The number of carboxylic acids is 1. The van der Waals surface area contributed by atoms with E-state index < -0.39 is 17.9 Å². The maximum atomic E-state index is 13.3. The molecule has 1 aliphatic rings. The van der Waals surface area contributed by atoms with Crippen LogP contribution in [0.4, 0.5) is 11.4 Å². The second-order valence-corrected chi connectivity index (χ2v) is 11.4. The van der Waals surface area contributed by atoms with Gasteiger partial charge in [-0.05, 0) is 47.4 Å². The van der Waals surface area contributed by atoms with Crippen molar-refractivity contribution in [2.45, 2.75) is 39.7 Å². The van der Waals surface area contributed by atoms with Gasteiger partial charge in [0.1, 0.15) is 0 Å². The Hall–Kier alpha value is -4.80. The Morgan fingerprint density at radius 2 is 1.60 bits per heavy atom. The zero-order valence-electron chi connectivity index (χ0n) is 24.0. The normalized spacial score (nSPS) is 14.2. The third kappa shape index (κ3) is 8.12. The molecule has 1 unspecified atom stereocenters. The van der Waals surface area contributed by atoms with Crippen molar-refractivity contribution in [2.75, 3.05) is 36.4 Å². The summed E-state index contributed by atoms with van der Waals surface area (Å²) in [5, 5.41) is 15.1. The second kappa shape index (κ2) is 13.2. The van der Waals surface area contributed by atoms with Crippen LogP contribution >= 0.6 is 0 Å². The molecule has 0 spiro atoms. The van der Waals surface area contributed by atoms with Crippen LogP contribution in [0.3, 0.4) is 0 Å². The average molecular weight is 573 g/mol. The lowest BCUT2D eigenvalue weighted by Gasteiger charge is -2.38. The molecular formula is C31H36N6O5. The van der Waals surface area contributed by atoms with E-state index in [0.29, 0.717) is 55.1 Å². The summed E-state index contributed by atoms with van der Waals surface area (Å²) in [6, 6.07) is 10.9. The second-order valence-electron chi connectivity index (χ2n) is 11.4. The fourth-order valence-electron chi connectivity index (χ4n) is 4.76. The lowest BCUT2D eigenvalue weighted by Crippen LogP contribution is -2.49. The number of amides is 3. The summed E-state index contributed by atoms with van der Waals surface area (Å²) in [5.41, 5.74) is 2.19. The number of nitrogens with zero attached hydrogens (tertiary/aromatic N) is 4. The van der Waals surface area contributed by atoms with Crippen LogP contribution < -0.4 is 15.5 Å². The predicted octanol–water partition coefficient (Wildman–Crippen LogP) is 3.76. The van der Waals surface area contributed by atoms with Crippen molar-refractivity contribution < 1.29 is 24.3 Å². The summed E-state index contributed by atoms with van der Waals surface area (Å²) in [4.78, 5) is 62.7. The van der Waals surface area contributed by atoms with E-state index in [2.05, 4.69) is 25.5 Å². The fourth-order valence-corrected chi connectivity index (χ4v) is 4.76. The molecule has 0 aliphatic carbocycles. The van der Waals surface area contributed by atoms with E-state index in [1.807, 2.05) is 25.7 Å². The summed E-state index contributed by atoms with van der Waals surface area (Å²) in [6.45, 7) is 8.30. The first-order valence-corrected chi connectivity index (χ1v) is 13.8. The van der Waals surface area contributed by atoms with E-state index in [4.69, 9.17) is 0 Å². The maximum Gasteiger partial charge on any atom is 0.305 e. The molecule has 220 valence electrons. The molecule has 0 saturated carbocycles. The third-order valence-electron chi connectivity index (χ3n) is 6.86. The molecule has 1 saturated heterocycles. The van der Waals surface area contributed by atoms with Gasteiger partial charge in [-0.3, -0.25) is 29.1 Å². The van der Waals surface area contributed by atoms with Crippen molar-refractivity contribution in [3.05, 3.63) is 83.9 Å². The van der Waals surface area contributed by atoms with E-state index in [0.717, 1.165) is 0 Å². The first-order valence-electron chi connectivity index (χ1n) is 13.8. The summed E-state index contributed by atoms with van der Waals surface area (Å²) in [5.74, 6) is -1.83. The molecule has 11 heteroatoms. The number of benzene rings is 1. The molecule has 42 heavy (non-hydrogen) atoms. The van der Waals surface area contributed by atoms with Crippen LogP contribution in [0.2, 0.25) is 0 Å². The molecule has 2 aromatic heterocycles. The number of anilines is 2. The van der Waals surface area contributed by atoms with Gasteiger partial charge in [0.25, 0.3) is 11.8 Å². The zero-order chi connectivity index (χ0) is 30.3. The first kappa shape index (κ1) is 30.2. The van der Waals surface area contributed by atoms with E-state index >= 15 is 0 Å². The molecule has 3 heterocycles. The Bertz CT molecular complexity index is 1420. The quantitative estimate of drug-likeness (QED) is 0.352. The molecule has 11 nitrogen and oxygen atoms in total. The molecular weight excluding hydrogens is 536 g/mol. The first-order chi connectivity index (χ1) is 20.0. The number of piperazine rings is 1. The van der Waals surface area contributed by atoms with E-state index in [-0.39, 0.29) is 29.2 Å². The molecule has 1 atom stereocenters. The number of carbonyl (C=O) groups is 4. The van der Waals surface area contributed by atoms with Gasteiger partial charge in [-0.1, -0.05) is 26.8 Å². The highest BCUT2D eigenvalue weighted by atomic mass is 16.4. The summed E-state index contributed by atoms with van der Waals surface area (Å²) < 4.78 is 0. The molecule has 3 N–H and O–H groups in total. The van der Waals surface area contributed by atoms with Gasteiger partial charge in [-0.15, -0.1) is 0 Å². The fraction of sp³-hybridized carbons (Fsp3) is 0.355. The molecule has 1 aromatic carbocycles. The van der Waals surface area contributed by atoms with Gasteiger partial charge in [0.15, 0.2) is 0 Å². The SMILES string of the molecule is CC(C)(C)CC(=O)N1CCN(c2ccc(C(=O)NC(CC(=O)O)c3cccnc3)cc2NC(=O)c2cccnc2)CC1. The van der Waals surface area contributed by atoms with Crippen LogP contribution in [0.1, 0.15) is 65.9 Å². The van der Waals surface area contributed by atoms with Gasteiger partial charge >= 0.3 is 5.97 Å². The molecule has 3 aromatic rings. The summed E-state index contributed by atoms with van der Waals surface area (Å²) >= 11 is 0. The highest BCUT2D eigenvalue weighted by Crippen LogP contribution is 2.30. The average Bonchev–Trinajstić information content (AvgIpc) is 2.96. The minimum absolute atomic E-state index is 0.102. The summed E-state index contributed by atoms with van der Waals surface area (Å²) in [6.07, 6.45) is 6.25. The Kier molecular flexibility index (Phi) is 9.51. The highest BCUT2D eigenvalue weighted by Gasteiger charge is 2.27. The Morgan fingerprint density at radius 3 is 2.19 bits per heavy atom. The number of aliphatic carboxylic acids is 1. The minimum atomic E-state index is -1.07. The lowest BCUT2D eigenvalue weighted by atomic mass is 9.91. The van der Waals surface area contributed by atoms with Crippen LogP contribution in [0.25, 0.3) is 0 Å². The van der Waals surface area contributed by atoms with Gasteiger partial charge in [-0.2, -0.15) is 0 Å². The van der Waals surface area contributed by atoms with Gasteiger partial charge in [0.05, 0.1) is 29.4 Å². The van der Waals surface area contributed by atoms with Crippen LogP contribution in [0.5, 0.6) is 0 Å². The van der Waals surface area contributed by atoms with Crippen LogP contribution in [-0.2, 0) is 9.59 Å².